The van der Waals surface area contributed by atoms with E-state index >= 15 is 0 Å². The van der Waals surface area contributed by atoms with E-state index in [-0.39, 0.29) is 12.5 Å². The van der Waals surface area contributed by atoms with Crippen LogP contribution in [0.1, 0.15) is 34.2 Å². The van der Waals surface area contributed by atoms with E-state index in [1.807, 2.05) is 31.5 Å². The van der Waals surface area contributed by atoms with Crippen LogP contribution in [0.15, 0.2) is 47.7 Å². The molecule has 0 atom stereocenters. The number of carbonyl (C=O) groups excluding carboxylic acids is 1. The summed E-state index contributed by atoms with van der Waals surface area (Å²) in [5.41, 5.74) is 3.39. The summed E-state index contributed by atoms with van der Waals surface area (Å²) in [5, 5.41) is 7.28. The number of hydrogen-bond donors (Lipinski definition) is 1. The van der Waals surface area contributed by atoms with Crippen molar-refractivity contribution in [2.24, 2.45) is 7.05 Å². The van der Waals surface area contributed by atoms with Crippen molar-refractivity contribution in [1.29, 1.82) is 0 Å². The molecular weight excluding hydrogens is 398 g/mol. The van der Waals surface area contributed by atoms with Crippen molar-refractivity contribution in [3.8, 4) is 17.4 Å². The van der Waals surface area contributed by atoms with E-state index in [2.05, 4.69) is 25.4 Å². The van der Waals surface area contributed by atoms with Gasteiger partial charge in [-0.1, -0.05) is 0 Å². The van der Waals surface area contributed by atoms with Crippen LogP contribution < -0.4 is 5.32 Å². The summed E-state index contributed by atoms with van der Waals surface area (Å²) in [6, 6.07) is 3.64. The molecule has 160 valence electrons. The van der Waals surface area contributed by atoms with Crippen LogP contribution in [0.4, 0.5) is 0 Å². The van der Waals surface area contributed by atoms with Gasteiger partial charge in [0, 0.05) is 26.0 Å². The Morgan fingerprint density at radius 1 is 1.29 bits per heavy atom. The summed E-state index contributed by atoms with van der Waals surface area (Å²) in [5.74, 6) is 0.701. The molecule has 0 fully saturated rings. The van der Waals surface area contributed by atoms with E-state index in [9.17, 15) is 4.79 Å². The highest BCUT2D eigenvalue weighted by molar-refractivity contribution is 5.95. The third-order valence-corrected chi connectivity index (χ3v) is 4.81. The summed E-state index contributed by atoms with van der Waals surface area (Å²) in [4.78, 5) is 26.0. The van der Waals surface area contributed by atoms with E-state index in [0.717, 1.165) is 11.3 Å². The number of amides is 1. The highest BCUT2D eigenvalue weighted by Crippen LogP contribution is 2.23. The van der Waals surface area contributed by atoms with Gasteiger partial charge in [0.2, 0.25) is 0 Å². The lowest BCUT2D eigenvalue weighted by Crippen LogP contribution is -2.25. The van der Waals surface area contributed by atoms with Gasteiger partial charge in [0.25, 0.3) is 11.9 Å². The molecule has 0 unspecified atom stereocenters. The second kappa shape index (κ2) is 8.92. The van der Waals surface area contributed by atoms with Crippen LogP contribution in [-0.4, -0.2) is 41.8 Å². The van der Waals surface area contributed by atoms with Gasteiger partial charge in [0.05, 0.1) is 48.9 Å². The molecule has 31 heavy (non-hydrogen) atoms. The Bertz CT molecular complexity index is 1180. The maximum Gasteiger partial charge on any atom is 0.255 e. The van der Waals surface area contributed by atoms with Crippen molar-refractivity contribution < 1.29 is 13.9 Å². The van der Waals surface area contributed by atoms with E-state index in [0.29, 0.717) is 41.8 Å². The Morgan fingerprint density at radius 3 is 2.87 bits per heavy atom. The molecular formula is C21H23N7O3. The number of hydrogen-bond acceptors (Lipinski definition) is 7. The van der Waals surface area contributed by atoms with E-state index in [4.69, 9.17) is 9.15 Å². The molecule has 0 spiro atoms. The number of aromatic nitrogens is 6. The third-order valence-electron chi connectivity index (χ3n) is 4.81. The van der Waals surface area contributed by atoms with E-state index < -0.39 is 0 Å². The van der Waals surface area contributed by atoms with Gasteiger partial charge < -0.3 is 19.0 Å². The Balaban J connectivity index is 1.66. The topological polar surface area (TPSA) is 113 Å². The van der Waals surface area contributed by atoms with Gasteiger partial charge in [-0.25, -0.2) is 15.0 Å². The third kappa shape index (κ3) is 4.24. The molecule has 4 aromatic rings. The highest BCUT2D eigenvalue weighted by Gasteiger charge is 2.21. The van der Waals surface area contributed by atoms with Crippen LogP contribution in [0.25, 0.3) is 17.4 Å². The molecule has 0 aliphatic heterocycles. The van der Waals surface area contributed by atoms with Gasteiger partial charge in [0.15, 0.2) is 5.76 Å². The second-order valence-electron chi connectivity index (χ2n) is 6.91. The first kappa shape index (κ1) is 20.5. The van der Waals surface area contributed by atoms with Crippen molar-refractivity contribution in [2.45, 2.75) is 27.0 Å². The van der Waals surface area contributed by atoms with Crippen LogP contribution in [0, 0.1) is 6.92 Å². The zero-order valence-corrected chi connectivity index (χ0v) is 17.6. The average molecular weight is 421 g/mol. The predicted octanol–water partition coefficient (Wildman–Crippen LogP) is 2.43. The number of rotatable bonds is 8. The average Bonchev–Trinajstić information content (AvgIpc) is 3.52. The van der Waals surface area contributed by atoms with Crippen LogP contribution >= 0.6 is 0 Å². The minimum absolute atomic E-state index is 0.193. The van der Waals surface area contributed by atoms with Gasteiger partial charge >= 0.3 is 0 Å². The molecule has 0 aliphatic rings. The molecule has 10 nitrogen and oxygen atoms in total. The summed E-state index contributed by atoms with van der Waals surface area (Å²) < 4.78 is 14.5. The minimum Gasteiger partial charge on any atom is -0.463 e. The van der Waals surface area contributed by atoms with Crippen LogP contribution in [0.3, 0.4) is 0 Å². The fourth-order valence-electron chi connectivity index (χ4n) is 3.09. The number of imidazole rings is 1. The Kier molecular flexibility index (Phi) is 5.89. The number of ether oxygens (including phenoxy) is 1. The molecule has 1 N–H and O–H groups in total. The lowest BCUT2D eigenvalue weighted by Gasteiger charge is -2.10. The maximum absolute atomic E-state index is 12.9. The molecule has 0 saturated heterocycles. The lowest BCUT2D eigenvalue weighted by atomic mass is 10.2. The normalized spacial score (nSPS) is 11.1. The summed E-state index contributed by atoms with van der Waals surface area (Å²) >= 11 is 0. The van der Waals surface area contributed by atoms with Gasteiger partial charge in [-0.05, 0) is 31.5 Å². The monoisotopic (exact) mass is 421 g/mol. The molecule has 0 saturated carbocycles. The zero-order chi connectivity index (χ0) is 21.8. The first-order chi connectivity index (χ1) is 15.1. The SMILES string of the molecule is CCOCc1c(C(=O)NCc2cncn2C)cnn1-c1ncc(C)c(-c2ccco2)n1. The smallest absolute Gasteiger partial charge is 0.255 e. The van der Waals surface area contributed by atoms with Crippen LogP contribution in [0.2, 0.25) is 0 Å². The quantitative estimate of drug-likeness (QED) is 0.465. The summed E-state index contributed by atoms with van der Waals surface area (Å²) in [6.45, 7) is 4.83. The molecule has 4 heterocycles. The summed E-state index contributed by atoms with van der Waals surface area (Å²) in [7, 11) is 1.87. The zero-order valence-electron chi connectivity index (χ0n) is 17.6. The molecule has 0 bridgehead atoms. The van der Waals surface area contributed by atoms with Gasteiger partial charge in [-0.2, -0.15) is 9.78 Å². The van der Waals surface area contributed by atoms with Crippen molar-refractivity contribution >= 4 is 5.91 Å². The number of furan rings is 1. The van der Waals surface area contributed by atoms with Crippen molar-refractivity contribution in [3.63, 3.8) is 0 Å². The minimum atomic E-state index is -0.263. The predicted molar refractivity (Wildman–Crippen MR) is 111 cm³/mol. The first-order valence-corrected chi connectivity index (χ1v) is 9.84. The number of nitrogens with zero attached hydrogens (tertiary/aromatic N) is 6. The Morgan fingerprint density at radius 2 is 2.16 bits per heavy atom. The second-order valence-corrected chi connectivity index (χ2v) is 6.91. The van der Waals surface area contributed by atoms with Crippen molar-refractivity contribution in [2.75, 3.05) is 6.61 Å². The molecule has 0 aromatic carbocycles. The van der Waals surface area contributed by atoms with E-state index in [1.54, 1.807) is 31.1 Å². The fourth-order valence-corrected chi connectivity index (χ4v) is 3.09. The standard InChI is InChI=1S/C21H23N7O3/c1-4-30-12-17-16(20(29)23-10-15-9-22-13-27(15)3)11-25-28(17)21-24-8-14(2)19(26-21)18-6-5-7-31-18/h5-9,11,13H,4,10,12H2,1-3H3,(H,23,29). The number of aryl methyl sites for hydroxylation is 2. The van der Waals surface area contributed by atoms with Crippen LogP contribution in [0.5, 0.6) is 0 Å². The van der Waals surface area contributed by atoms with Crippen molar-refractivity contribution in [3.05, 3.63) is 65.8 Å². The van der Waals surface area contributed by atoms with Gasteiger partial charge in [0.1, 0.15) is 5.69 Å². The van der Waals surface area contributed by atoms with Crippen molar-refractivity contribution in [1.82, 2.24) is 34.6 Å². The van der Waals surface area contributed by atoms with Gasteiger partial charge in [-0.15, -0.1) is 0 Å². The fraction of sp³-hybridized carbons (Fsp3) is 0.286. The van der Waals surface area contributed by atoms with E-state index in [1.165, 1.54) is 10.9 Å². The molecule has 10 heteroatoms. The lowest BCUT2D eigenvalue weighted by molar-refractivity contribution is 0.0938. The largest absolute Gasteiger partial charge is 0.463 e. The summed E-state index contributed by atoms with van der Waals surface area (Å²) in [6.07, 6.45) is 8.19. The molecule has 0 radical (unpaired) electrons. The molecule has 1 amide bonds. The van der Waals surface area contributed by atoms with Gasteiger partial charge in [-0.3, -0.25) is 4.79 Å². The van der Waals surface area contributed by atoms with Crippen LogP contribution in [-0.2, 0) is 24.9 Å². The number of carbonyl (C=O) groups is 1. The molecule has 4 rings (SSSR count). The first-order valence-electron chi connectivity index (χ1n) is 9.84. The molecule has 0 aliphatic carbocycles. The molecule has 4 aromatic heterocycles. The highest BCUT2D eigenvalue weighted by atomic mass is 16.5. The Labute approximate surface area is 178 Å². The number of nitrogens with one attached hydrogen (secondary N) is 1. The maximum atomic E-state index is 12.9. The Hall–Kier alpha value is -3.79.